The number of benzene rings is 1. The minimum Gasteiger partial charge on any atom is -0.493 e. The summed E-state index contributed by atoms with van der Waals surface area (Å²) in [5, 5.41) is 7.66. The topological polar surface area (TPSA) is 77.2 Å². The number of pyridine rings is 1. The molecule has 2 aliphatic rings. The second-order valence-electron chi connectivity index (χ2n) is 6.69. The number of carbonyl (C=O) groups excluding carboxylic acids is 1. The number of amides is 1. The molecule has 0 atom stereocenters. The van der Waals surface area contributed by atoms with Gasteiger partial charge in [0.2, 0.25) is 0 Å². The molecule has 0 spiro atoms. The van der Waals surface area contributed by atoms with Gasteiger partial charge in [0.1, 0.15) is 5.75 Å². The molecule has 5 rings (SSSR count). The number of nitrogens with zero attached hydrogens (tertiary/aromatic N) is 2. The fourth-order valence-electron chi connectivity index (χ4n) is 3.34. The van der Waals surface area contributed by atoms with Crippen molar-refractivity contribution >= 4 is 22.7 Å². The molecule has 0 unspecified atom stereocenters. The third kappa shape index (κ3) is 2.45. The molecule has 0 radical (unpaired) electrons. The third-order valence-electron chi connectivity index (χ3n) is 4.82. The second kappa shape index (κ2) is 5.31. The van der Waals surface area contributed by atoms with Crippen molar-refractivity contribution in [1.82, 2.24) is 10.1 Å². The number of carbonyl (C=O) groups is 1. The second-order valence-corrected chi connectivity index (χ2v) is 6.69. The maximum Gasteiger partial charge on any atom is 0.259 e. The average Bonchev–Trinajstić information content (AvgIpc) is 3.25. The van der Waals surface area contributed by atoms with Crippen LogP contribution in [0, 0.1) is 6.92 Å². The van der Waals surface area contributed by atoms with E-state index in [2.05, 4.69) is 15.5 Å². The van der Waals surface area contributed by atoms with E-state index >= 15 is 0 Å². The smallest absolute Gasteiger partial charge is 0.259 e. The minimum atomic E-state index is -0.167. The minimum absolute atomic E-state index is 0.167. The van der Waals surface area contributed by atoms with Crippen molar-refractivity contribution in [2.45, 2.75) is 32.1 Å². The van der Waals surface area contributed by atoms with E-state index in [1.807, 2.05) is 31.2 Å². The zero-order valence-electron chi connectivity index (χ0n) is 13.8. The Morgan fingerprint density at radius 2 is 2.16 bits per heavy atom. The van der Waals surface area contributed by atoms with Crippen LogP contribution in [0.15, 0.2) is 28.8 Å². The highest BCUT2D eigenvalue weighted by Gasteiger charge is 2.28. The fraction of sp³-hybridized carbons (Fsp3) is 0.316. The van der Waals surface area contributed by atoms with E-state index in [-0.39, 0.29) is 5.91 Å². The first-order valence-corrected chi connectivity index (χ1v) is 8.53. The number of nitrogens with one attached hydrogen (secondary N) is 1. The van der Waals surface area contributed by atoms with Gasteiger partial charge in [0.15, 0.2) is 0 Å². The van der Waals surface area contributed by atoms with E-state index in [0.717, 1.165) is 42.0 Å². The van der Waals surface area contributed by atoms with Gasteiger partial charge >= 0.3 is 0 Å². The highest BCUT2D eigenvalue weighted by atomic mass is 16.5. The van der Waals surface area contributed by atoms with Gasteiger partial charge in [-0.2, -0.15) is 0 Å². The number of hydrogen-bond acceptors (Lipinski definition) is 5. The lowest BCUT2D eigenvalue weighted by Gasteiger charge is -2.09. The van der Waals surface area contributed by atoms with E-state index in [1.54, 1.807) is 0 Å². The van der Waals surface area contributed by atoms with E-state index in [0.29, 0.717) is 34.9 Å². The van der Waals surface area contributed by atoms with Crippen LogP contribution in [0.1, 0.15) is 46.1 Å². The molecule has 2 aromatic heterocycles. The molecule has 0 bridgehead atoms. The molecule has 126 valence electrons. The quantitative estimate of drug-likeness (QED) is 0.791. The molecule has 1 aliphatic carbocycles. The van der Waals surface area contributed by atoms with Gasteiger partial charge in [0, 0.05) is 23.7 Å². The first-order valence-electron chi connectivity index (χ1n) is 8.53. The summed E-state index contributed by atoms with van der Waals surface area (Å²) in [6.45, 7) is 2.52. The van der Waals surface area contributed by atoms with Crippen LogP contribution in [0.25, 0.3) is 11.1 Å². The molecule has 3 heterocycles. The lowest BCUT2D eigenvalue weighted by atomic mass is 10.1. The van der Waals surface area contributed by atoms with Gasteiger partial charge in [0.05, 0.1) is 23.3 Å². The molecule has 0 saturated heterocycles. The fourth-order valence-corrected chi connectivity index (χ4v) is 3.34. The Hall–Kier alpha value is -2.89. The van der Waals surface area contributed by atoms with Crippen LogP contribution >= 0.6 is 0 Å². The highest BCUT2D eigenvalue weighted by molar-refractivity contribution is 6.12. The number of ether oxygens (including phenoxy) is 1. The summed E-state index contributed by atoms with van der Waals surface area (Å²) in [7, 11) is 0. The average molecular weight is 335 g/mol. The van der Waals surface area contributed by atoms with Crippen LogP contribution in [0.4, 0.5) is 5.69 Å². The van der Waals surface area contributed by atoms with Crippen molar-refractivity contribution in [3.05, 3.63) is 46.8 Å². The van der Waals surface area contributed by atoms with Crippen LogP contribution in [0.2, 0.25) is 0 Å². The Balaban J connectivity index is 1.53. The molecule has 1 N–H and O–H groups in total. The van der Waals surface area contributed by atoms with Crippen LogP contribution in [-0.2, 0) is 6.42 Å². The molecule has 25 heavy (non-hydrogen) atoms. The summed E-state index contributed by atoms with van der Waals surface area (Å²) < 4.78 is 10.8. The first kappa shape index (κ1) is 14.5. The van der Waals surface area contributed by atoms with Crippen molar-refractivity contribution < 1.29 is 14.1 Å². The highest BCUT2D eigenvalue weighted by Crippen LogP contribution is 2.40. The lowest BCUT2D eigenvalue weighted by molar-refractivity contribution is 0.102. The summed E-state index contributed by atoms with van der Waals surface area (Å²) in [6, 6.07) is 7.62. The molecule has 1 saturated carbocycles. The lowest BCUT2D eigenvalue weighted by Crippen LogP contribution is -2.13. The van der Waals surface area contributed by atoms with E-state index in [4.69, 9.17) is 9.26 Å². The molecule has 6 heteroatoms. The van der Waals surface area contributed by atoms with E-state index in [1.165, 1.54) is 0 Å². The van der Waals surface area contributed by atoms with Crippen LogP contribution in [0.3, 0.4) is 0 Å². The largest absolute Gasteiger partial charge is 0.493 e. The number of aromatic nitrogens is 2. The summed E-state index contributed by atoms with van der Waals surface area (Å²) >= 11 is 0. The van der Waals surface area contributed by atoms with Crippen molar-refractivity contribution in [2.75, 3.05) is 11.9 Å². The van der Waals surface area contributed by atoms with Crippen LogP contribution in [0.5, 0.6) is 5.75 Å². The maximum absolute atomic E-state index is 12.9. The Morgan fingerprint density at radius 1 is 1.28 bits per heavy atom. The van der Waals surface area contributed by atoms with Gasteiger partial charge in [-0.3, -0.25) is 4.79 Å². The van der Waals surface area contributed by atoms with Gasteiger partial charge in [0.25, 0.3) is 11.6 Å². The molecular formula is C19H17N3O3. The zero-order valence-corrected chi connectivity index (χ0v) is 13.8. The number of anilines is 1. The van der Waals surface area contributed by atoms with Crippen LogP contribution < -0.4 is 10.1 Å². The van der Waals surface area contributed by atoms with Crippen molar-refractivity contribution in [1.29, 1.82) is 0 Å². The van der Waals surface area contributed by atoms with Gasteiger partial charge in [-0.1, -0.05) is 5.16 Å². The van der Waals surface area contributed by atoms with Gasteiger partial charge < -0.3 is 14.6 Å². The molecule has 3 aromatic rings. The van der Waals surface area contributed by atoms with Gasteiger partial charge in [-0.15, -0.1) is 0 Å². The monoisotopic (exact) mass is 335 g/mol. The number of rotatable bonds is 3. The molecule has 1 aliphatic heterocycles. The first-order chi connectivity index (χ1) is 12.2. The number of hydrogen-bond donors (Lipinski definition) is 1. The summed E-state index contributed by atoms with van der Waals surface area (Å²) in [6.07, 6.45) is 3.09. The molecule has 6 nitrogen and oxygen atoms in total. The summed E-state index contributed by atoms with van der Waals surface area (Å²) in [5.74, 6) is 1.16. The van der Waals surface area contributed by atoms with Crippen LogP contribution in [-0.4, -0.2) is 22.7 Å². The zero-order chi connectivity index (χ0) is 17.0. The Bertz CT molecular complexity index is 1000. The van der Waals surface area contributed by atoms with Crippen molar-refractivity contribution in [3.63, 3.8) is 0 Å². The predicted molar refractivity (Wildman–Crippen MR) is 92.1 cm³/mol. The number of fused-ring (bicyclic) bond motifs is 2. The SMILES string of the molecule is Cc1noc2nc(C3CC3)cc(C(=O)Nc3ccc4c(c3)CCO4)c12. The van der Waals surface area contributed by atoms with E-state index < -0.39 is 0 Å². The molecule has 1 aromatic carbocycles. The van der Waals surface area contributed by atoms with Gasteiger partial charge in [-0.05, 0) is 49.6 Å². The normalized spacial score (nSPS) is 15.9. The maximum atomic E-state index is 12.9. The predicted octanol–water partition coefficient (Wildman–Crippen LogP) is 3.60. The Labute approximate surface area is 144 Å². The van der Waals surface area contributed by atoms with Crippen molar-refractivity contribution in [2.24, 2.45) is 0 Å². The van der Waals surface area contributed by atoms with Crippen molar-refractivity contribution in [3.8, 4) is 5.75 Å². The number of aryl methyl sites for hydroxylation is 1. The Morgan fingerprint density at radius 3 is 3.00 bits per heavy atom. The summed E-state index contributed by atoms with van der Waals surface area (Å²) in [4.78, 5) is 17.5. The van der Waals surface area contributed by atoms with E-state index in [9.17, 15) is 4.79 Å². The molecular weight excluding hydrogens is 318 g/mol. The van der Waals surface area contributed by atoms with Gasteiger partial charge in [-0.25, -0.2) is 4.98 Å². The third-order valence-corrected chi connectivity index (χ3v) is 4.82. The summed E-state index contributed by atoms with van der Waals surface area (Å²) in [5.41, 5.74) is 4.49. The standard InChI is InChI=1S/C19H17N3O3/c1-10-17-14(9-15(11-2-3-11)21-19(17)25-22-10)18(23)20-13-4-5-16-12(8-13)6-7-24-16/h4-5,8-9,11H,2-3,6-7H2,1H3,(H,20,23). The molecule has 1 amide bonds. The molecule has 1 fully saturated rings. The Kier molecular flexibility index (Phi) is 3.07.